The molecule has 5 nitrogen and oxygen atoms in total. The van der Waals surface area contributed by atoms with Crippen LogP contribution in [0, 0.1) is 5.82 Å². The SMILES string of the molecule is CS(=O)(=O)c1ccc(O[C@@H]2c3cc(Cl)cc(F)c3C[C@@H]2N2CC[C@@H](O)C2)cc1. The molecule has 0 unspecified atom stereocenters. The molecule has 3 atom stereocenters. The monoisotopic (exact) mass is 425 g/mol. The van der Waals surface area contributed by atoms with Gasteiger partial charge in [0, 0.05) is 29.9 Å². The first-order valence-corrected chi connectivity index (χ1v) is 11.4. The second-order valence-electron chi connectivity index (χ2n) is 7.45. The number of benzene rings is 2. The van der Waals surface area contributed by atoms with Crippen LogP contribution in [0.25, 0.3) is 0 Å². The zero-order chi connectivity index (χ0) is 20.1. The summed E-state index contributed by atoms with van der Waals surface area (Å²) >= 11 is 6.08. The van der Waals surface area contributed by atoms with Gasteiger partial charge in [0.15, 0.2) is 9.84 Å². The maximum atomic E-state index is 14.5. The molecule has 2 aromatic carbocycles. The fourth-order valence-corrected chi connectivity index (χ4v) is 4.90. The third kappa shape index (κ3) is 3.76. The predicted molar refractivity (Wildman–Crippen MR) is 104 cm³/mol. The molecule has 1 saturated heterocycles. The number of aliphatic hydroxyl groups is 1. The van der Waals surface area contributed by atoms with Crippen LogP contribution in [0.2, 0.25) is 5.02 Å². The smallest absolute Gasteiger partial charge is 0.175 e. The van der Waals surface area contributed by atoms with E-state index in [-0.39, 0.29) is 16.8 Å². The number of fused-ring (bicyclic) bond motifs is 1. The Kier molecular flexibility index (Phi) is 5.12. The van der Waals surface area contributed by atoms with E-state index in [1.165, 1.54) is 18.2 Å². The van der Waals surface area contributed by atoms with Crippen molar-refractivity contribution in [1.29, 1.82) is 0 Å². The summed E-state index contributed by atoms with van der Waals surface area (Å²) in [5.74, 6) is 0.140. The van der Waals surface area contributed by atoms with Crippen molar-refractivity contribution in [1.82, 2.24) is 4.90 Å². The van der Waals surface area contributed by atoms with Crippen molar-refractivity contribution in [3.8, 4) is 5.75 Å². The van der Waals surface area contributed by atoms with E-state index in [0.717, 1.165) is 6.26 Å². The van der Waals surface area contributed by atoms with Crippen LogP contribution in [0.15, 0.2) is 41.3 Å². The van der Waals surface area contributed by atoms with E-state index < -0.39 is 22.0 Å². The maximum Gasteiger partial charge on any atom is 0.175 e. The molecule has 1 heterocycles. The minimum Gasteiger partial charge on any atom is -0.484 e. The summed E-state index contributed by atoms with van der Waals surface area (Å²) in [5, 5.41) is 10.2. The number of aliphatic hydroxyl groups excluding tert-OH is 1. The summed E-state index contributed by atoms with van der Waals surface area (Å²) in [6, 6.07) is 9.09. The molecule has 28 heavy (non-hydrogen) atoms. The van der Waals surface area contributed by atoms with Gasteiger partial charge in [-0.1, -0.05) is 11.6 Å². The van der Waals surface area contributed by atoms with Crippen LogP contribution in [0.1, 0.15) is 23.7 Å². The molecule has 0 amide bonds. The summed E-state index contributed by atoms with van der Waals surface area (Å²) < 4.78 is 44.0. The molecular formula is C20H21ClFNO4S. The number of ether oxygens (including phenoxy) is 1. The van der Waals surface area contributed by atoms with E-state index in [1.54, 1.807) is 18.2 Å². The Morgan fingerprint density at radius 3 is 2.57 bits per heavy atom. The summed E-state index contributed by atoms with van der Waals surface area (Å²) in [4.78, 5) is 2.33. The Balaban J connectivity index is 1.67. The minimum atomic E-state index is -3.30. The number of rotatable bonds is 4. The van der Waals surface area contributed by atoms with Gasteiger partial charge in [0.05, 0.1) is 17.0 Å². The molecule has 2 aliphatic rings. The van der Waals surface area contributed by atoms with Crippen LogP contribution in [-0.4, -0.2) is 49.9 Å². The molecule has 0 radical (unpaired) electrons. The molecule has 0 spiro atoms. The van der Waals surface area contributed by atoms with Gasteiger partial charge in [0.1, 0.15) is 17.7 Å². The van der Waals surface area contributed by atoms with E-state index in [0.29, 0.717) is 47.8 Å². The van der Waals surface area contributed by atoms with Gasteiger partial charge in [-0.3, -0.25) is 4.90 Å². The second kappa shape index (κ2) is 7.30. The van der Waals surface area contributed by atoms with E-state index in [1.807, 2.05) is 0 Å². The number of likely N-dealkylation sites (tertiary alicyclic amines) is 1. The van der Waals surface area contributed by atoms with E-state index in [9.17, 15) is 17.9 Å². The average Bonchev–Trinajstić information content (AvgIpc) is 3.19. The van der Waals surface area contributed by atoms with Gasteiger partial charge in [-0.2, -0.15) is 0 Å². The maximum absolute atomic E-state index is 14.5. The zero-order valence-electron chi connectivity index (χ0n) is 15.3. The number of hydrogen-bond donors (Lipinski definition) is 1. The Labute approximate surface area is 168 Å². The molecule has 1 aliphatic carbocycles. The third-order valence-corrected chi connectivity index (χ3v) is 6.79. The molecule has 1 aliphatic heterocycles. The molecular weight excluding hydrogens is 405 g/mol. The van der Waals surface area contributed by atoms with Crippen molar-refractivity contribution in [2.45, 2.75) is 36.0 Å². The van der Waals surface area contributed by atoms with Gasteiger partial charge in [-0.25, -0.2) is 12.8 Å². The summed E-state index contributed by atoms with van der Waals surface area (Å²) in [6.07, 6.45) is 1.43. The minimum absolute atomic E-state index is 0.130. The standard InChI is InChI=1S/C20H21ClFNO4S/c1-28(25,26)15-4-2-14(3-5-15)27-20-17-8-12(21)9-18(22)16(17)10-19(20)23-7-6-13(24)11-23/h2-5,8-9,13,19-20,24H,6-7,10-11H2,1H3/t13-,19+,20-/m1/s1. The van der Waals surface area contributed by atoms with Crippen molar-refractivity contribution in [3.05, 3.63) is 58.4 Å². The number of nitrogens with zero attached hydrogens (tertiary/aromatic N) is 1. The summed E-state index contributed by atoms with van der Waals surface area (Å²) in [6.45, 7) is 1.23. The molecule has 1 fully saturated rings. The van der Waals surface area contributed by atoms with Gasteiger partial charge in [-0.05, 0) is 54.8 Å². The average molecular weight is 426 g/mol. The highest BCUT2D eigenvalue weighted by Crippen LogP contribution is 2.41. The Morgan fingerprint density at radius 1 is 1.25 bits per heavy atom. The normalized spacial score (nSPS) is 25.1. The van der Waals surface area contributed by atoms with E-state index in [4.69, 9.17) is 16.3 Å². The van der Waals surface area contributed by atoms with Gasteiger partial charge < -0.3 is 9.84 Å². The molecule has 150 valence electrons. The van der Waals surface area contributed by atoms with Crippen LogP contribution < -0.4 is 4.74 Å². The number of halogens is 2. The molecule has 1 N–H and O–H groups in total. The lowest BCUT2D eigenvalue weighted by Gasteiger charge is -2.30. The van der Waals surface area contributed by atoms with Crippen molar-refractivity contribution >= 4 is 21.4 Å². The molecule has 0 bridgehead atoms. The van der Waals surface area contributed by atoms with Crippen LogP contribution in [-0.2, 0) is 16.3 Å². The van der Waals surface area contributed by atoms with Crippen LogP contribution >= 0.6 is 11.6 Å². The first kappa shape index (κ1) is 19.6. The number of β-amino-alcohol motifs (C(OH)–C–C–N with tert-alkyl or cyclic N) is 1. The topological polar surface area (TPSA) is 66.8 Å². The zero-order valence-corrected chi connectivity index (χ0v) is 16.9. The van der Waals surface area contributed by atoms with Crippen LogP contribution in [0.5, 0.6) is 5.75 Å². The van der Waals surface area contributed by atoms with Crippen LogP contribution in [0.4, 0.5) is 4.39 Å². The summed E-state index contributed by atoms with van der Waals surface area (Å²) in [5.41, 5.74) is 1.28. The Morgan fingerprint density at radius 2 is 1.96 bits per heavy atom. The molecule has 8 heteroatoms. The van der Waals surface area contributed by atoms with Crippen molar-refractivity contribution in [3.63, 3.8) is 0 Å². The van der Waals surface area contributed by atoms with Gasteiger partial charge in [-0.15, -0.1) is 0 Å². The van der Waals surface area contributed by atoms with Gasteiger partial charge >= 0.3 is 0 Å². The highest BCUT2D eigenvalue weighted by molar-refractivity contribution is 7.90. The van der Waals surface area contributed by atoms with Crippen LogP contribution in [0.3, 0.4) is 0 Å². The predicted octanol–water partition coefficient (Wildman–Crippen LogP) is 2.99. The first-order chi connectivity index (χ1) is 13.2. The van der Waals surface area contributed by atoms with Gasteiger partial charge in [0.2, 0.25) is 0 Å². The first-order valence-electron chi connectivity index (χ1n) is 9.09. The van der Waals surface area contributed by atoms with Crippen molar-refractivity contribution < 1.29 is 22.7 Å². The highest BCUT2D eigenvalue weighted by atomic mass is 35.5. The van der Waals surface area contributed by atoms with E-state index in [2.05, 4.69) is 4.90 Å². The highest BCUT2D eigenvalue weighted by Gasteiger charge is 2.42. The molecule has 2 aromatic rings. The lowest BCUT2D eigenvalue weighted by atomic mass is 10.1. The van der Waals surface area contributed by atoms with E-state index >= 15 is 0 Å². The second-order valence-corrected chi connectivity index (χ2v) is 9.90. The van der Waals surface area contributed by atoms with Gasteiger partial charge in [0.25, 0.3) is 0 Å². The quantitative estimate of drug-likeness (QED) is 0.815. The number of hydrogen-bond acceptors (Lipinski definition) is 5. The largest absolute Gasteiger partial charge is 0.484 e. The fraction of sp³-hybridized carbons (Fsp3) is 0.400. The van der Waals surface area contributed by atoms with Crippen molar-refractivity contribution in [2.24, 2.45) is 0 Å². The molecule has 0 saturated carbocycles. The Bertz CT molecular complexity index is 996. The summed E-state index contributed by atoms with van der Waals surface area (Å²) in [7, 11) is -3.30. The van der Waals surface area contributed by atoms with Crippen molar-refractivity contribution in [2.75, 3.05) is 19.3 Å². The fourth-order valence-electron chi connectivity index (χ4n) is 4.06. The lowest BCUT2D eigenvalue weighted by molar-refractivity contribution is 0.0818. The molecule has 4 rings (SSSR count). The lowest BCUT2D eigenvalue weighted by Crippen LogP contribution is -2.39. The third-order valence-electron chi connectivity index (χ3n) is 5.44. The number of sulfone groups is 1. The molecule has 0 aromatic heterocycles. The Hall–Kier alpha value is -1.67.